The molecular formula is C21H33N3O2S. The van der Waals surface area contributed by atoms with E-state index in [4.69, 9.17) is 0 Å². The van der Waals surface area contributed by atoms with Crippen molar-refractivity contribution >= 4 is 15.7 Å². The minimum absolute atomic E-state index is 0.128. The van der Waals surface area contributed by atoms with E-state index in [0.717, 1.165) is 37.7 Å². The van der Waals surface area contributed by atoms with Crippen LogP contribution in [0.1, 0.15) is 69.9 Å². The quantitative estimate of drug-likeness (QED) is 0.763. The van der Waals surface area contributed by atoms with Crippen LogP contribution in [0.5, 0.6) is 0 Å². The zero-order valence-electron chi connectivity index (χ0n) is 16.5. The van der Waals surface area contributed by atoms with Crippen molar-refractivity contribution in [3.05, 3.63) is 29.8 Å². The molecule has 5 nitrogen and oxygen atoms in total. The van der Waals surface area contributed by atoms with Gasteiger partial charge in [-0.05, 0) is 69.7 Å². The van der Waals surface area contributed by atoms with Crippen LogP contribution in [-0.2, 0) is 10.0 Å². The minimum Gasteiger partial charge on any atom is -0.293 e. The van der Waals surface area contributed by atoms with E-state index in [2.05, 4.69) is 17.0 Å². The van der Waals surface area contributed by atoms with Crippen molar-refractivity contribution < 1.29 is 8.42 Å². The Kier molecular flexibility index (Phi) is 5.76. The zero-order chi connectivity index (χ0) is 18.9. The summed E-state index contributed by atoms with van der Waals surface area (Å²) in [5.74, 6) is 0.128. The summed E-state index contributed by atoms with van der Waals surface area (Å²) >= 11 is 0. The van der Waals surface area contributed by atoms with Crippen molar-refractivity contribution in [3.8, 4) is 0 Å². The van der Waals surface area contributed by atoms with Crippen LogP contribution in [0.15, 0.2) is 24.3 Å². The second kappa shape index (κ2) is 8.10. The number of anilines is 1. The fourth-order valence-electron chi connectivity index (χ4n) is 5.12. The summed E-state index contributed by atoms with van der Waals surface area (Å²) in [6.45, 7) is 4.58. The van der Waals surface area contributed by atoms with Crippen LogP contribution in [0.4, 0.5) is 5.69 Å². The SMILES string of the molecule is CCS(=O)(=O)N(c1ccc([C@@H]2CC[C@H]3CCCCN32)cc1)N1CCCCC1. The first kappa shape index (κ1) is 19.2. The number of piperidine rings is 2. The molecule has 0 bridgehead atoms. The molecule has 1 aromatic rings. The molecule has 2 atom stereocenters. The van der Waals surface area contributed by atoms with Crippen molar-refractivity contribution in [2.75, 3.05) is 29.8 Å². The fourth-order valence-corrected chi connectivity index (χ4v) is 6.33. The number of fused-ring (bicyclic) bond motifs is 1. The molecule has 0 saturated carbocycles. The van der Waals surface area contributed by atoms with Gasteiger partial charge >= 0.3 is 0 Å². The molecule has 0 amide bonds. The summed E-state index contributed by atoms with van der Waals surface area (Å²) in [5.41, 5.74) is 2.13. The number of benzene rings is 1. The van der Waals surface area contributed by atoms with Crippen LogP contribution in [-0.4, -0.2) is 49.8 Å². The van der Waals surface area contributed by atoms with Crippen LogP contribution < -0.4 is 4.41 Å². The Bertz CT molecular complexity index is 728. The standard InChI is InChI=1S/C21H33N3O2S/c1-2-27(25,26)24(22-15-5-3-6-16-22)20-11-9-18(10-12-20)21-14-13-19-8-4-7-17-23(19)21/h9-12,19,21H,2-8,13-17H2,1H3/t19-,21+/m1/s1. The zero-order valence-corrected chi connectivity index (χ0v) is 17.3. The van der Waals surface area contributed by atoms with Gasteiger partial charge in [-0.25, -0.2) is 17.8 Å². The first-order chi connectivity index (χ1) is 13.1. The van der Waals surface area contributed by atoms with E-state index in [-0.39, 0.29) is 5.75 Å². The lowest BCUT2D eigenvalue weighted by molar-refractivity contribution is 0.150. The summed E-state index contributed by atoms with van der Waals surface area (Å²) < 4.78 is 27.2. The highest BCUT2D eigenvalue weighted by Gasteiger charge is 2.36. The van der Waals surface area contributed by atoms with Gasteiger partial charge < -0.3 is 0 Å². The van der Waals surface area contributed by atoms with Gasteiger partial charge in [0.05, 0.1) is 11.4 Å². The number of nitrogens with zero attached hydrogens (tertiary/aromatic N) is 3. The molecule has 3 heterocycles. The summed E-state index contributed by atoms with van der Waals surface area (Å²) in [6.07, 6.45) is 9.86. The van der Waals surface area contributed by atoms with Gasteiger partial charge in [-0.2, -0.15) is 0 Å². The predicted octanol–water partition coefficient (Wildman–Crippen LogP) is 3.93. The molecule has 0 unspecified atom stereocenters. The number of hydrogen-bond donors (Lipinski definition) is 0. The molecule has 0 radical (unpaired) electrons. The van der Waals surface area contributed by atoms with Gasteiger partial charge in [0, 0.05) is 25.2 Å². The predicted molar refractivity (Wildman–Crippen MR) is 110 cm³/mol. The molecule has 0 N–H and O–H groups in total. The molecule has 0 aliphatic carbocycles. The summed E-state index contributed by atoms with van der Waals surface area (Å²) in [6, 6.07) is 9.64. The number of hydrogen-bond acceptors (Lipinski definition) is 4. The summed E-state index contributed by atoms with van der Waals surface area (Å²) in [5, 5.41) is 2.02. The molecule has 4 rings (SSSR count). The van der Waals surface area contributed by atoms with E-state index >= 15 is 0 Å². The Balaban J connectivity index is 1.57. The van der Waals surface area contributed by atoms with Crippen LogP contribution >= 0.6 is 0 Å². The maximum Gasteiger partial charge on any atom is 0.248 e. The molecule has 0 spiro atoms. The van der Waals surface area contributed by atoms with Gasteiger partial charge in [-0.3, -0.25) is 4.90 Å². The van der Waals surface area contributed by atoms with E-state index < -0.39 is 10.0 Å². The van der Waals surface area contributed by atoms with E-state index in [1.807, 2.05) is 17.1 Å². The van der Waals surface area contributed by atoms with Crippen molar-refractivity contribution in [2.24, 2.45) is 0 Å². The number of rotatable bonds is 5. The lowest BCUT2D eigenvalue weighted by atomic mass is 10.0. The van der Waals surface area contributed by atoms with Crippen molar-refractivity contribution in [1.29, 1.82) is 0 Å². The van der Waals surface area contributed by atoms with Crippen molar-refractivity contribution in [3.63, 3.8) is 0 Å². The molecule has 0 aromatic heterocycles. The fraction of sp³-hybridized carbons (Fsp3) is 0.714. The van der Waals surface area contributed by atoms with Crippen molar-refractivity contribution in [2.45, 2.75) is 70.4 Å². The van der Waals surface area contributed by atoms with Gasteiger partial charge in [-0.1, -0.05) is 25.0 Å². The van der Waals surface area contributed by atoms with Crippen LogP contribution in [0, 0.1) is 0 Å². The third-order valence-electron chi connectivity index (χ3n) is 6.56. The van der Waals surface area contributed by atoms with E-state index in [1.54, 1.807) is 11.3 Å². The molecular weight excluding hydrogens is 358 g/mol. The average Bonchev–Trinajstić information content (AvgIpc) is 3.13. The monoisotopic (exact) mass is 391 g/mol. The normalized spacial score (nSPS) is 27.4. The van der Waals surface area contributed by atoms with E-state index in [0.29, 0.717) is 6.04 Å². The molecule has 27 heavy (non-hydrogen) atoms. The Morgan fingerprint density at radius 1 is 0.926 bits per heavy atom. The molecule has 3 aliphatic rings. The largest absolute Gasteiger partial charge is 0.293 e. The summed E-state index contributed by atoms with van der Waals surface area (Å²) in [4.78, 5) is 2.68. The van der Waals surface area contributed by atoms with Gasteiger partial charge in [0.1, 0.15) is 0 Å². The second-order valence-electron chi connectivity index (χ2n) is 8.23. The van der Waals surface area contributed by atoms with Gasteiger partial charge in [-0.15, -0.1) is 0 Å². The topological polar surface area (TPSA) is 43.9 Å². The van der Waals surface area contributed by atoms with Gasteiger partial charge in [0.25, 0.3) is 0 Å². The Hall–Kier alpha value is -1.11. The lowest BCUT2D eigenvalue weighted by Crippen LogP contribution is -2.49. The average molecular weight is 392 g/mol. The van der Waals surface area contributed by atoms with Crippen LogP contribution in [0.3, 0.4) is 0 Å². The van der Waals surface area contributed by atoms with Crippen molar-refractivity contribution in [1.82, 2.24) is 9.91 Å². The van der Waals surface area contributed by atoms with Crippen LogP contribution in [0.25, 0.3) is 0 Å². The molecule has 3 aliphatic heterocycles. The highest BCUT2D eigenvalue weighted by Crippen LogP contribution is 2.40. The molecule has 3 saturated heterocycles. The van der Waals surface area contributed by atoms with E-state index in [1.165, 1.54) is 50.6 Å². The maximum absolute atomic E-state index is 12.8. The smallest absolute Gasteiger partial charge is 0.248 e. The Labute approximate surface area is 164 Å². The van der Waals surface area contributed by atoms with Gasteiger partial charge in [0.2, 0.25) is 10.0 Å². The summed E-state index contributed by atoms with van der Waals surface area (Å²) in [7, 11) is -3.32. The maximum atomic E-state index is 12.8. The third kappa shape index (κ3) is 3.89. The first-order valence-electron chi connectivity index (χ1n) is 10.7. The van der Waals surface area contributed by atoms with E-state index in [9.17, 15) is 8.42 Å². The number of sulfonamides is 1. The first-order valence-corrected chi connectivity index (χ1v) is 12.3. The molecule has 6 heteroatoms. The lowest BCUT2D eigenvalue weighted by Gasteiger charge is -2.38. The minimum atomic E-state index is -3.32. The van der Waals surface area contributed by atoms with Gasteiger partial charge in [0.15, 0.2) is 0 Å². The third-order valence-corrected chi connectivity index (χ3v) is 8.26. The molecule has 1 aromatic carbocycles. The highest BCUT2D eigenvalue weighted by atomic mass is 32.2. The Morgan fingerprint density at radius 2 is 1.63 bits per heavy atom. The number of hydrazine groups is 1. The van der Waals surface area contributed by atoms with Crippen LogP contribution in [0.2, 0.25) is 0 Å². The Morgan fingerprint density at radius 3 is 2.33 bits per heavy atom. The highest BCUT2D eigenvalue weighted by molar-refractivity contribution is 7.92. The second-order valence-corrected chi connectivity index (χ2v) is 10.3. The molecule has 150 valence electrons. The molecule has 3 fully saturated rings.